The van der Waals surface area contributed by atoms with E-state index < -0.39 is 28.3 Å². The Bertz CT molecular complexity index is 1250. The molecule has 0 heterocycles. The fourth-order valence-corrected chi connectivity index (χ4v) is 5.01. The van der Waals surface area contributed by atoms with E-state index in [2.05, 4.69) is 5.32 Å². The van der Waals surface area contributed by atoms with Crippen LogP contribution in [0.25, 0.3) is 0 Å². The van der Waals surface area contributed by atoms with Crippen molar-refractivity contribution >= 4 is 21.6 Å². The Labute approximate surface area is 211 Å². The highest BCUT2D eigenvalue weighted by atomic mass is 32.2. The van der Waals surface area contributed by atoms with Crippen LogP contribution >= 0.6 is 0 Å². The Morgan fingerprint density at radius 3 is 2.39 bits per heavy atom. The lowest BCUT2D eigenvalue weighted by atomic mass is 10.1. The zero-order valence-corrected chi connectivity index (χ0v) is 21.3. The number of benzene rings is 3. The molecule has 0 atom stereocenters. The van der Waals surface area contributed by atoms with Crippen molar-refractivity contribution in [2.75, 3.05) is 31.1 Å². The van der Waals surface area contributed by atoms with Gasteiger partial charge in [0.05, 0.1) is 24.3 Å². The Morgan fingerprint density at radius 2 is 1.69 bits per heavy atom. The first kappa shape index (κ1) is 27.0. The summed E-state index contributed by atoms with van der Waals surface area (Å²) in [5, 5.41) is 2.75. The molecule has 0 unspecified atom stereocenters. The molecule has 36 heavy (non-hydrogen) atoms. The largest absolute Gasteiger partial charge is 0.497 e. The molecule has 192 valence electrons. The number of rotatable bonds is 13. The van der Waals surface area contributed by atoms with Gasteiger partial charge in [-0.2, -0.15) is 0 Å². The van der Waals surface area contributed by atoms with Crippen molar-refractivity contribution in [3.05, 3.63) is 84.2 Å². The summed E-state index contributed by atoms with van der Waals surface area (Å²) in [7, 11) is -2.76. The van der Waals surface area contributed by atoms with Gasteiger partial charge in [-0.25, -0.2) is 12.8 Å². The maximum atomic E-state index is 14.6. The number of sulfonamides is 1. The van der Waals surface area contributed by atoms with Crippen molar-refractivity contribution in [2.24, 2.45) is 0 Å². The minimum atomic E-state index is -4.22. The van der Waals surface area contributed by atoms with Crippen molar-refractivity contribution in [1.29, 1.82) is 0 Å². The third-order valence-corrected chi connectivity index (χ3v) is 7.21. The van der Waals surface area contributed by atoms with E-state index in [0.717, 1.165) is 28.1 Å². The molecule has 0 aliphatic rings. The number of nitrogens with one attached hydrogen (secondary N) is 1. The van der Waals surface area contributed by atoms with Gasteiger partial charge in [-0.3, -0.25) is 9.10 Å². The molecule has 0 aliphatic heterocycles. The van der Waals surface area contributed by atoms with Crippen LogP contribution in [0.1, 0.15) is 25.3 Å². The smallest absolute Gasteiger partial charge is 0.264 e. The summed E-state index contributed by atoms with van der Waals surface area (Å²) in [6, 6.07) is 18.9. The molecule has 9 heteroatoms. The van der Waals surface area contributed by atoms with E-state index in [1.54, 1.807) is 0 Å². The summed E-state index contributed by atoms with van der Waals surface area (Å²) in [5.74, 6) is 0.0183. The molecule has 3 aromatic carbocycles. The van der Waals surface area contributed by atoms with E-state index in [4.69, 9.17) is 9.47 Å². The molecule has 0 radical (unpaired) electrons. The van der Waals surface area contributed by atoms with Gasteiger partial charge in [-0.15, -0.1) is 0 Å². The predicted octanol–water partition coefficient (Wildman–Crippen LogP) is 4.57. The van der Waals surface area contributed by atoms with Crippen LogP contribution in [-0.2, 0) is 21.2 Å². The second-order valence-corrected chi connectivity index (χ2v) is 9.91. The van der Waals surface area contributed by atoms with E-state index in [9.17, 15) is 17.6 Å². The van der Waals surface area contributed by atoms with Crippen molar-refractivity contribution in [1.82, 2.24) is 5.32 Å². The minimum Gasteiger partial charge on any atom is -0.497 e. The first-order valence-corrected chi connectivity index (χ1v) is 13.2. The molecule has 1 N–H and O–H groups in total. The number of ether oxygens (including phenoxy) is 2. The van der Waals surface area contributed by atoms with Crippen LogP contribution in [0.15, 0.2) is 77.7 Å². The lowest BCUT2D eigenvalue weighted by Crippen LogP contribution is -2.41. The first-order valence-electron chi connectivity index (χ1n) is 11.8. The Morgan fingerprint density at radius 1 is 1.00 bits per heavy atom. The molecule has 0 spiro atoms. The summed E-state index contributed by atoms with van der Waals surface area (Å²) in [6.07, 6.45) is 2.22. The summed E-state index contributed by atoms with van der Waals surface area (Å²) in [4.78, 5) is 12.7. The zero-order valence-electron chi connectivity index (χ0n) is 20.4. The van der Waals surface area contributed by atoms with Crippen LogP contribution in [0.5, 0.6) is 11.5 Å². The normalized spacial score (nSPS) is 11.1. The molecule has 3 rings (SSSR count). The number of anilines is 1. The molecule has 0 saturated heterocycles. The summed E-state index contributed by atoms with van der Waals surface area (Å²) >= 11 is 0. The average Bonchev–Trinajstić information content (AvgIpc) is 2.89. The van der Waals surface area contributed by atoms with Gasteiger partial charge in [-0.1, -0.05) is 37.3 Å². The van der Waals surface area contributed by atoms with Crippen LogP contribution in [0.2, 0.25) is 0 Å². The molecule has 7 nitrogen and oxygen atoms in total. The van der Waals surface area contributed by atoms with E-state index in [-0.39, 0.29) is 10.6 Å². The van der Waals surface area contributed by atoms with Crippen LogP contribution in [0.4, 0.5) is 10.1 Å². The number of methoxy groups -OCH3 is 1. The van der Waals surface area contributed by atoms with Gasteiger partial charge < -0.3 is 14.8 Å². The monoisotopic (exact) mass is 514 g/mol. The minimum absolute atomic E-state index is 0.0805. The van der Waals surface area contributed by atoms with E-state index in [0.29, 0.717) is 31.7 Å². The highest BCUT2D eigenvalue weighted by Crippen LogP contribution is 2.27. The standard InChI is InChI=1S/C27H31FN2O5S/c1-3-19-35-26-13-7-4-9-21(26)10-8-18-29-27(31)20-30(25-12-6-5-11-24(25)28)36(32,33)23-16-14-22(34-2)15-17-23/h4-7,9,11-17H,3,8,10,18-20H2,1-2H3,(H,29,31). The Hall–Kier alpha value is -3.59. The first-order chi connectivity index (χ1) is 17.4. The lowest BCUT2D eigenvalue weighted by molar-refractivity contribution is -0.119. The Kier molecular flexibility index (Phi) is 9.69. The molecular formula is C27H31FN2O5S. The third kappa shape index (κ3) is 6.97. The molecule has 0 fully saturated rings. The van der Waals surface area contributed by atoms with Gasteiger partial charge in [0.2, 0.25) is 5.91 Å². The number of carbonyl (C=O) groups is 1. The van der Waals surface area contributed by atoms with Gasteiger partial charge in [0.1, 0.15) is 23.9 Å². The van der Waals surface area contributed by atoms with Gasteiger partial charge in [0.15, 0.2) is 0 Å². The molecule has 0 aromatic heterocycles. The maximum Gasteiger partial charge on any atom is 0.264 e. The molecular weight excluding hydrogens is 483 g/mol. The van der Waals surface area contributed by atoms with Crippen LogP contribution in [0.3, 0.4) is 0 Å². The van der Waals surface area contributed by atoms with Gasteiger partial charge >= 0.3 is 0 Å². The van der Waals surface area contributed by atoms with Gasteiger partial charge in [0, 0.05) is 6.54 Å². The highest BCUT2D eigenvalue weighted by molar-refractivity contribution is 7.92. The van der Waals surface area contributed by atoms with E-state index in [1.807, 2.05) is 31.2 Å². The van der Waals surface area contributed by atoms with Crippen LogP contribution in [0, 0.1) is 5.82 Å². The molecule has 0 aliphatic carbocycles. The predicted molar refractivity (Wildman–Crippen MR) is 137 cm³/mol. The number of halogens is 1. The number of aryl methyl sites for hydroxylation is 1. The molecule has 0 bridgehead atoms. The van der Waals surface area contributed by atoms with Crippen LogP contribution < -0.4 is 19.1 Å². The van der Waals surface area contributed by atoms with Crippen LogP contribution in [-0.4, -0.2) is 41.1 Å². The van der Waals surface area contributed by atoms with Crippen molar-refractivity contribution in [3.63, 3.8) is 0 Å². The average molecular weight is 515 g/mol. The number of hydrogen-bond donors (Lipinski definition) is 1. The quantitative estimate of drug-likeness (QED) is 0.338. The number of hydrogen-bond acceptors (Lipinski definition) is 5. The summed E-state index contributed by atoms with van der Waals surface area (Å²) < 4.78 is 53.0. The van der Waals surface area contributed by atoms with E-state index >= 15 is 0 Å². The fraction of sp³-hybridized carbons (Fsp3) is 0.296. The molecule has 1 amide bonds. The lowest BCUT2D eigenvalue weighted by Gasteiger charge is -2.24. The number of carbonyl (C=O) groups excluding carboxylic acids is 1. The van der Waals surface area contributed by atoms with Gasteiger partial charge in [0.25, 0.3) is 10.0 Å². The third-order valence-electron chi connectivity index (χ3n) is 5.44. The summed E-state index contributed by atoms with van der Waals surface area (Å²) in [5.41, 5.74) is 0.834. The number of amides is 1. The molecule has 3 aromatic rings. The Balaban J connectivity index is 1.69. The number of nitrogens with zero attached hydrogens (tertiary/aromatic N) is 1. The summed E-state index contributed by atoms with van der Waals surface area (Å²) in [6.45, 7) is 2.43. The topological polar surface area (TPSA) is 84.9 Å². The second kappa shape index (κ2) is 12.9. The molecule has 0 saturated carbocycles. The van der Waals surface area contributed by atoms with E-state index in [1.165, 1.54) is 49.6 Å². The SMILES string of the molecule is CCCOc1ccccc1CCCNC(=O)CN(c1ccccc1F)S(=O)(=O)c1ccc(OC)cc1. The van der Waals surface area contributed by atoms with Crippen molar-refractivity contribution < 1.29 is 27.1 Å². The highest BCUT2D eigenvalue weighted by Gasteiger charge is 2.29. The zero-order chi connectivity index (χ0) is 26.0. The van der Waals surface area contributed by atoms with Crippen molar-refractivity contribution in [2.45, 2.75) is 31.1 Å². The second-order valence-electron chi connectivity index (χ2n) is 8.05. The fourth-order valence-electron chi connectivity index (χ4n) is 3.58. The van der Waals surface area contributed by atoms with Crippen molar-refractivity contribution in [3.8, 4) is 11.5 Å². The number of para-hydroxylation sites is 2. The maximum absolute atomic E-state index is 14.6. The van der Waals surface area contributed by atoms with Gasteiger partial charge in [-0.05, 0) is 67.3 Å².